The zero-order chi connectivity index (χ0) is 13.4. The SMILES string of the molecule is CSC[C@H](C)C(=O)NC[C@H](C)Oc1ccccc1. The van der Waals surface area contributed by atoms with Gasteiger partial charge in [0.25, 0.3) is 0 Å². The van der Waals surface area contributed by atoms with Crippen molar-refractivity contribution in [2.75, 3.05) is 18.6 Å². The summed E-state index contributed by atoms with van der Waals surface area (Å²) in [6.45, 7) is 4.42. The average Bonchev–Trinajstić information content (AvgIpc) is 2.37. The molecule has 0 heterocycles. The molecule has 0 aliphatic carbocycles. The van der Waals surface area contributed by atoms with Gasteiger partial charge in [-0.25, -0.2) is 0 Å². The molecule has 1 aromatic carbocycles. The third-order valence-corrected chi connectivity index (χ3v) is 3.34. The van der Waals surface area contributed by atoms with Crippen LogP contribution in [0.4, 0.5) is 0 Å². The Morgan fingerprint density at radius 2 is 2.00 bits per heavy atom. The van der Waals surface area contributed by atoms with Crippen LogP contribution in [0.25, 0.3) is 0 Å². The first-order valence-electron chi connectivity index (χ1n) is 6.11. The molecule has 0 spiro atoms. The third-order valence-electron chi connectivity index (χ3n) is 2.51. The van der Waals surface area contributed by atoms with Crippen LogP contribution in [0, 0.1) is 5.92 Å². The monoisotopic (exact) mass is 267 g/mol. The third kappa shape index (κ3) is 5.45. The van der Waals surface area contributed by atoms with E-state index in [0.717, 1.165) is 11.5 Å². The fourth-order valence-corrected chi connectivity index (χ4v) is 2.17. The van der Waals surface area contributed by atoms with Crippen molar-refractivity contribution in [3.63, 3.8) is 0 Å². The Labute approximate surface area is 113 Å². The smallest absolute Gasteiger partial charge is 0.223 e. The van der Waals surface area contributed by atoms with Crippen LogP contribution >= 0.6 is 11.8 Å². The summed E-state index contributed by atoms with van der Waals surface area (Å²) in [7, 11) is 0. The molecule has 1 aromatic rings. The lowest BCUT2D eigenvalue weighted by molar-refractivity contribution is -0.124. The van der Waals surface area contributed by atoms with Crippen LogP contribution in [-0.4, -0.2) is 30.6 Å². The summed E-state index contributed by atoms with van der Waals surface area (Å²) in [6.07, 6.45) is 1.98. The van der Waals surface area contributed by atoms with Crippen molar-refractivity contribution in [3.8, 4) is 5.75 Å². The molecule has 0 unspecified atom stereocenters. The molecule has 18 heavy (non-hydrogen) atoms. The van der Waals surface area contributed by atoms with E-state index in [1.807, 2.05) is 50.4 Å². The lowest BCUT2D eigenvalue weighted by atomic mass is 10.2. The second-order valence-corrected chi connectivity index (χ2v) is 5.25. The fourth-order valence-electron chi connectivity index (χ4n) is 1.52. The van der Waals surface area contributed by atoms with Gasteiger partial charge in [-0.1, -0.05) is 25.1 Å². The van der Waals surface area contributed by atoms with Gasteiger partial charge in [-0.15, -0.1) is 0 Å². The van der Waals surface area contributed by atoms with Gasteiger partial charge in [0.1, 0.15) is 11.9 Å². The van der Waals surface area contributed by atoms with Gasteiger partial charge in [0.2, 0.25) is 5.91 Å². The molecule has 0 saturated carbocycles. The zero-order valence-electron chi connectivity index (χ0n) is 11.2. The molecule has 0 aromatic heterocycles. The predicted octanol–water partition coefficient (Wildman–Crippen LogP) is 2.57. The maximum absolute atomic E-state index is 11.7. The number of para-hydroxylation sites is 1. The van der Waals surface area contributed by atoms with Crippen molar-refractivity contribution >= 4 is 17.7 Å². The van der Waals surface area contributed by atoms with Crippen molar-refractivity contribution in [2.24, 2.45) is 5.92 Å². The molecule has 2 atom stereocenters. The molecule has 0 aliphatic heterocycles. The Balaban J connectivity index is 2.29. The molecule has 1 amide bonds. The molecule has 0 saturated heterocycles. The molecule has 3 nitrogen and oxygen atoms in total. The molecule has 0 bridgehead atoms. The van der Waals surface area contributed by atoms with Crippen LogP contribution in [0.3, 0.4) is 0 Å². The van der Waals surface area contributed by atoms with Gasteiger partial charge in [-0.05, 0) is 25.3 Å². The van der Waals surface area contributed by atoms with Crippen LogP contribution < -0.4 is 10.1 Å². The Hall–Kier alpha value is -1.16. The molecule has 0 fully saturated rings. The first-order chi connectivity index (χ1) is 8.63. The molecule has 1 rings (SSSR count). The summed E-state index contributed by atoms with van der Waals surface area (Å²) in [6, 6.07) is 9.63. The van der Waals surface area contributed by atoms with E-state index in [0.29, 0.717) is 6.54 Å². The number of amides is 1. The van der Waals surface area contributed by atoms with E-state index in [1.54, 1.807) is 11.8 Å². The highest BCUT2D eigenvalue weighted by Crippen LogP contribution is 2.10. The van der Waals surface area contributed by atoms with E-state index < -0.39 is 0 Å². The second-order valence-electron chi connectivity index (χ2n) is 4.34. The van der Waals surface area contributed by atoms with Crippen molar-refractivity contribution in [1.82, 2.24) is 5.32 Å². The predicted molar refractivity (Wildman–Crippen MR) is 77.1 cm³/mol. The molecule has 100 valence electrons. The van der Waals surface area contributed by atoms with Gasteiger partial charge in [0.15, 0.2) is 0 Å². The zero-order valence-corrected chi connectivity index (χ0v) is 12.0. The number of rotatable bonds is 7. The van der Waals surface area contributed by atoms with Crippen molar-refractivity contribution in [1.29, 1.82) is 0 Å². The highest BCUT2D eigenvalue weighted by atomic mass is 32.2. The molecular formula is C14H21NO2S. The lowest BCUT2D eigenvalue weighted by Crippen LogP contribution is -2.37. The van der Waals surface area contributed by atoms with E-state index in [2.05, 4.69) is 5.32 Å². The van der Waals surface area contributed by atoms with Gasteiger partial charge in [-0.2, -0.15) is 11.8 Å². The summed E-state index contributed by atoms with van der Waals surface area (Å²) in [5.41, 5.74) is 0. The minimum Gasteiger partial charge on any atom is -0.489 e. The van der Waals surface area contributed by atoms with Crippen molar-refractivity contribution in [2.45, 2.75) is 20.0 Å². The summed E-state index contributed by atoms with van der Waals surface area (Å²) in [5.74, 6) is 1.81. The highest BCUT2D eigenvalue weighted by molar-refractivity contribution is 7.98. The molecule has 0 aliphatic rings. The molecular weight excluding hydrogens is 246 g/mol. The number of nitrogens with one attached hydrogen (secondary N) is 1. The van der Waals surface area contributed by atoms with Gasteiger partial charge in [0.05, 0.1) is 6.54 Å². The number of hydrogen-bond acceptors (Lipinski definition) is 3. The standard InChI is InChI=1S/C14H21NO2S/c1-11(10-18-3)14(16)15-9-12(2)17-13-7-5-4-6-8-13/h4-8,11-12H,9-10H2,1-3H3,(H,15,16)/t11-,12-/m0/s1. The van der Waals surface area contributed by atoms with E-state index in [1.165, 1.54) is 0 Å². The topological polar surface area (TPSA) is 38.3 Å². The van der Waals surface area contributed by atoms with Gasteiger partial charge >= 0.3 is 0 Å². The van der Waals surface area contributed by atoms with Crippen molar-refractivity contribution in [3.05, 3.63) is 30.3 Å². The van der Waals surface area contributed by atoms with E-state index in [9.17, 15) is 4.79 Å². The quantitative estimate of drug-likeness (QED) is 0.825. The van der Waals surface area contributed by atoms with Crippen LogP contribution in [0.5, 0.6) is 5.75 Å². The largest absolute Gasteiger partial charge is 0.489 e. The highest BCUT2D eigenvalue weighted by Gasteiger charge is 2.13. The van der Waals surface area contributed by atoms with Crippen LogP contribution in [0.2, 0.25) is 0 Å². The van der Waals surface area contributed by atoms with Crippen LogP contribution in [-0.2, 0) is 4.79 Å². The Morgan fingerprint density at radius 1 is 1.33 bits per heavy atom. The van der Waals surface area contributed by atoms with Crippen LogP contribution in [0.1, 0.15) is 13.8 Å². The first kappa shape index (κ1) is 14.9. The first-order valence-corrected chi connectivity index (χ1v) is 7.51. The Morgan fingerprint density at radius 3 is 2.61 bits per heavy atom. The van der Waals surface area contributed by atoms with Gasteiger partial charge in [-0.3, -0.25) is 4.79 Å². The average molecular weight is 267 g/mol. The summed E-state index contributed by atoms with van der Waals surface area (Å²) < 4.78 is 5.68. The number of ether oxygens (including phenoxy) is 1. The molecule has 0 radical (unpaired) electrons. The Bertz CT molecular complexity index is 356. The normalized spacial score (nSPS) is 13.7. The van der Waals surface area contributed by atoms with E-state index in [-0.39, 0.29) is 17.9 Å². The van der Waals surface area contributed by atoms with E-state index >= 15 is 0 Å². The number of carbonyl (C=O) groups excluding carboxylic acids is 1. The molecule has 4 heteroatoms. The summed E-state index contributed by atoms with van der Waals surface area (Å²) in [4.78, 5) is 11.7. The fraction of sp³-hybridized carbons (Fsp3) is 0.500. The van der Waals surface area contributed by atoms with E-state index in [4.69, 9.17) is 4.74 Å². The van der Waals surface area contributed by atoms with Gasteiger partial charge in [0, 0.05) is 11.7 Å². The second kappa shape index (κ2) is 8.03. The number of thioether (sulfide) groups is 1. The Kier molecular flexibility index (Phi) is 6.65. The van der Waals surface area contributed by atoms with Gasteiger partial charge < -0.3 is 10.1 Å². The number of carbonyl (C=O) groups is 1. The minimum atomic E-state index is -0.0298. The van der Waals surface area contributed by atoms with Crippen LogP contribution in [0.15, 0.2) is 30.3 Å². The van der Waals surface area contributed by atoms with Crippen molar-refractivity contribution < 1.29 is 9.53 Å². The summed E-state index contributed by atoms with van der Waals surface area (Å²) >= 11 is 1.68. The summed E-state index contributed by atoms with van der Waals surface area (Å²) in [5, 5.41) is 2.91. The molecule has 1 N–H and O–H groups in total. The maximum Gasteiger partial charge on any atom is 0.223 e. The lowest BCUT2D eigenvalue weighted by Gasteiger charge is -2.17. The number of benzene rings is 1. The minimum absolute atomic E-state index is 0.0298. The maximum atomic E-state index is 11.7. The number of hydrogen-bond donors (Lipinski definition) is 1.